The molecule has 0 radical (unpaired) electrons. The lowest BCUT2D eigenvalue weighted by atomic mass is 9.84. The van der Waals surface area contributed by atoms with Crippen molar-refractivity contribution in [2.45, 2.75) is 56.0 Å². The highest BCUT2D eigenvalue weighted by atomic mass is 32.2. The van der Waals surface area contributed by atoms with E-state index in [0.29, 0.717) is 23.7 Å². The first-order valence-electron chi connectivity index (χ1n) is 10.5. The largest absolute Gasteiger partial charge is 0.322 e. The summed E-state index contributed by atoms with van der Waals surface area (Å²) in [6.45, 7) is 0.211. The van der Waals surface area contributed by atoms with Crippen LogP contribution in [0.2, 0.25) is 0 Å². The van der Waals surface area contributed by atoms with E-state index in [1.807, 2.05) is 0 Å². The lowest BCUT2D eigenvalue weighted by Crippen LogP contribution is -2.45. The Morgan fingerprint density at radius 3 is 2.68 bits per heavy atom. The lowest BCUT2D eigenvalue weighted by Gasteiger charge is -2.31. The number of benzene rings is 1. The smallest absolute Gasteiger partial charge is 0.256 e. The molecule has 31 heavy (non-hydrogen) atoms. The van der Waals surface area contributed by atoms with Gasteiger partial charge >= 0.3 is 0 Å². The van der Waals surface area contributed by atoms with Crippen LogP contribution in [0.1, 0.15) is 54.4 Å². The molecule has 2 heterocycles. The third-order valence-corrected chi connectivity index (χ3v) is 7.24. The van der Waals surface area contributed by atoms with E-state index in [2.05, 4.69) is 15.3 Å². The maximum absolute atomic E-state index is 13.4. The van der Waals surface area contributed by atoms with Crippen LogP contribution in [0.4, 0.5) is 5.82 Å². The quantitative estimate of drug-likeness (QED) is 0.737. The summed E-state index contributed by atoms with van der Waals surface area (Å²) in [7, 11) is -3.57. The van der Waals surface area contributed by atoms with Gasteiger partial charge in [0.05, 0.1) is 16.7 Å². The first-order valence-corrected chi connectivity index (χ1v) is 12.4. The second-order valence-corrected chi connectivity index (χ2v) is 10.3. The highest BCUT2D eigenvalue weighted by Gasteiger charge is 2.40. The minimum absolute atomic E-state index is 0.0169. The SMILES string of the molecule is CS(=O)(=O)c1cccc2c1C(=O)N([C@@H](CC1CCCCC1)C(=O)Nc1cnccn1)C2. The van der Waals surface area contributed by atoms with Gasteiger partial charge in [-0.05, 0) is 24.0 Å². The van der Waals surface area contributed by atoms with Crippen molar-refractivity contribution in [1.82, 2.24) is 14.9 Å². The molecular weight excluding hydrogens is 416 g/mol. The number of carbonyl (C=O) groups excluding carboxylic acids is 2. The average Bonchev–Trinajstić information content (AvgIpc) is 3.09. The van der Waals surface area contributed by atoms with E-state index < -0.39 is 21.8 Å². The molecule has 164 valence electrons. The molecule has 2 aliphatic rings. The Hall–Kier alpha value is -2.81. The monoisotopic (exact) mass is 442 g/mol. The molecule has 1 fully saturated rings. The Balaban J connectivity index is 1.64. The zero-order valence-corrected chi connectivity index (χ0v) is 18.3. The molecule has 0 saturated heterocycles. The number of anilines is 1. The summed E-state index contributed by atoms with van der Waals surface area (Å²) >= 11 is 0. The number of nitrogens with zero attached hydrogens (tertiary/aromatic N) is 3. The molecule has 1 aromatic heterocycles. The number of hydrogen-bond acceptors (Lipinski definition) is 6. The summed E-state index contributed by atoms with van der Waals surface area (Å²) < 4.78 is 24.5. The molecular formula is C22H26N4O4S. The molecule has 0 bridgehead atoms. The van der Waals surface area contributed by atoms with Crippen molar-refractivity contribution >= 4 is 27.5 Å². The van der Waals surface area contributed by atoms with E-state index in [1.54, 1.807) is 12.1 Å². The van der Waals surface area contributed by atoms with Gasteiger partial charge in [-0.1, -0.05) is 44.2 Å². The Morgan fingerprint density at radius 2 is 2.00 bits per heavy atom. The molecule has 1 aromatic carbocycles. The van der Waals surface area contributed by atoms with Crippen LogP contribution in [-0.2, 0) is 21.2 Å². The molecule has 1 N–H and O–H groups in total. The van der Waals surface area contributed by atoms with E-state index in [1.165, 1.54) is 36.0 Å². The van der Waals surface area contributed by atoms with Crippen molar-refractivity contribution in [3.63, 3.8) is 0 Å². The Labute approximate surface area is 182 Å². The molecule has 0 unspecified atom stereocenters. The van der Waals surface area contributed by atoms with Crippen molar-refractivity contribution in [3.8, 4) is 0 Å². The zero-order valence-electron chi connectivity index (χ0n) is 17.5. The van der Waals surface area contributed by atoms with Gasteiger partial charge in [-0.15, -0.1) is 0 Å². The minimum Gasteiger partial charge on any atom is -0.322 e. The van der Waals surface area contributed by atoms with Gasteiger partial charge in [0, 0.05) is 25.2 Å². The van der Waals surface area contributed by atoms with Crippen LogP contribution in [0, 0.1) is 5.92 Å². The minimum atomic E-state index is -3.57. The van der Waals surface area contributed by atoms with Crippen molar-refractivity contribution in [2.75, 3.05) is 11.6 Å². The van der Waals surface area contributed by atoms with Crippen molar-refractivity contribution in [1.29, 1.82) is 0 Å². The van der Waals surface area contributed by atoms with Crippen LogP contribution in [-0.4, -0.2) is 47.4 Å². The fourth-order valence-corrected chi connectivity index (χ4v) is 5.51. The topological polar surface area (TPSA) is 109 Å². The molecule has 1 aliphatic carbocycles. The molecule has 1 atom stereocenters. The summed E-state index contributed by atoms with van der Waals surface area (Å²) in [6.07, 6.45) is 11.6. The van der Waals surface area contributed by atoms with Crippen molar-refractivity contribution in [2.24, 2.45) is 5.92 Å². The standard InChI is InChI=1S/C22H26N4O4S/c1-31(29,30)18-9-5-8-16-14-26(22(28)20(16)18)17(12-15-6-3-2-4-7-15)21(27)25-19-13-23-10-11-24-19/h5,8-11,13,15,17H,2-4,6-7,12,14H2,1H3,(H,24,25,27)/t17-/m0/s1. The molecule has 8 nitrogen and oxygen atoms in total. The predicted molar refractivity (Wildman–Crippen MR) is 115 cm³/mol. The van der Waals surface area contributed by atoms with Gasteiger partial charge in [0.25, 0.3) is 5.91 Å². The number of fused-ring (bicyclic) bond motifs is 1. The van der Waals surface area contributed by atoms with E-state index >= 15 is 0 Å². The molecule has 4 rings (SSSR count). The molecule has 2 amide bonds. The molecule has 9 heteroatoms. The summed E-state index contributed by atoms with van der Waals surface area (Å²) in [5, 5.41) is 2.78. The van der Waals surface area contributed by atoms with E-state index in [0.717, 1.165) is 31.9 Å². The number of nitrogens with one attached hydrogen (secondary N) is 1. The highest BCUT2D eigenvalue weighted by Crippen LogP contribution is 2.34. The van der Waals surface area contributed by atoms with Gasteiger partial charge in [0.2, 0.25) is 5.91 Å². The first-order chi connectivity index (χ1) is 14.8. The molecule has 1 aliphatic heterocycles. The lowest BCUT2D eigenvalue weighted by molar-refractivity contribution is -0.121. The van der Waals surface area contributed by atoms with Crippen LogP contribution in [0.3, 0.4) is 0 Å². The van der Waals surface area contributed by atoms with Gasteiger partial charge < -0.3 is 10.2 Å². The Morgan fingerprint density at radius 1 is 1.23 bits per heavy atom. The number of aromatic nitrogens is 2. The summed E-state index contributed by atoms with van der Waals surface area (Å²) in [4.78, 5) is 36.2. The summed E-state index contributed by atoms with van der Waals surface area (Å²) in [5.41, 5.74) is 0.819. The second-order valence-electron chi connectivity index (χ2n) is 8.33. The van der Waals surface area contributed by atoms with E-state index in [-0.39, 0.29) is 22.9 Å². The Bertz CT molecular complexity index is 1080. The van der Waals surface area contributed by atoms with Crippen LogP contribution in [0.25, 0.3) is 0 Å². The number of rotatable bonds is 6. The fourth-order valence-electron chi connectivity index (χ4n) is 4.60. The van der Waals surface area contributed by atoms with Crippen LogP contribution in [0.15, 0.2) is 41.7 Å². The normalized spacial score (nSPS) is 18.0. The first kappa shape index (κ1) is 21.4. The number of sulfone groups is 1. The highest BCUT2D eigenvalue weighted by molar-refractivity contribution is 7.90. The van der Waals surface area contributed by atoms with Gasteiger partial charge in [0.1, 0.15) is 6.04 Å². The maximum atomic E-state index is 13.4. The van der Waals surface area contributed by atoms with E-state index in [4.69, 9.17) is 0 Å². The fraction of sp³-hybridized carbons (Fsp3) is 0.455. The van der Waals surface area contributed by atoms with Gasteiger partial charge in [-0.25, -0.2) is 13.4 Å². The Kier molecular flexibility index (Phi) is 6.04. The number of carbonyl (C=O) groups is 2. The number of hydrogen-bond donors (Lipinski definition) is 1. The van der Waals surface area contributed by atoms with Gasteiger partial charge in [-0.3, -0.25) is 14.6 Å². The molecule has 2 aromatic rings. The molecule has 1 saturated carbocycles. The van der Waals surface area contributed by atoms with Crippen LogP contribution >= 0.6 is 0 Å². The third kappa shape index (κ3) is 4.61. The van der Waals surface area contributed by atoms with E-state index in [9.17, 15) is 18.0 Å². The molecule has 0 spiro atoms. The van der Waals surface area contributed by atoms with Crippen molar-refractivity contribution < 1.29 is 18.0 Å². The summed E-state index contributed by atoms with van der Waals surface area (Å²) in [6, 6.07) is 4.13. The second kappa shape index (κ2) is 8.74. The predicted octanol–water partition coefficient (Wildman–Crippen LogP) is 2.81. The number of amides is 2. The van der Waals surface area contributed by atoms with Crippen molar-refractivity contribution in [3.05, 3.63) is 47.9 Å². The van der Waals surface area contributed by atoms with Gasteiger partial charge in [-0.2, -0.15) is 0 Å². The van der Waals surface area contributed by atoms with Crippen LogP contribution < -0.4 is 5.32 Å². The average molecular weight is 443 g/mol. The van der Waals surface area contributed by atoms with Gasteiger partial charge in [0.15, 0.2) is 15.7 Å². The maximum Gasteiger partial charge on any atom is 0.256 e. The zero-order chi connectivity index (χ0) is 22.0. The summed E-state index contributed by atoms with van der Waals surface area (Å²) in [5.74, 6) is -0.0707. The van der Waals surface area contributed by atoms with Crippen LogP contribution in [0.5, 0.6) is 0 Å². The third-order valence-electron chi connectivity index (χ3n) is 6.10.